The van der Waals surface area contributed by atoms with Crippen molar-refractivity contribution in [3.8, 4) is 39.5 Å². The van der Waals surface area contributed by atoms with Crippen LogP contribution in [0.15, 0.2) is 188 Å². The Labute approximate surface area is 415 Å². The molecule has 0 saturated carbocycles. The molecule has 0 amide bonds. The van der Waals surface area contributed by atoms with Crippen molar-refractivity contribution in [3.63, 3.8) is 0 Å². The first-order chi connectivity index (χ1) is 30.8. The molecule has 0 unspecified atom stereocenters. The van der Waals surface area contributed by atoms with Crippen LogP contribution in [0.2, 0.25) is 0 Å². The van der Waals surface area contributed by atoms with Crippen LogP contribution in [0.4, 0.5) is 0 Å². The third kappa shape index (κ3) is 36.8. The fourth-order valence-electron chi connectivity index (χ4n) is 5.02. The summed E-state index contributed by atoms with van der Waals surface area (Å²) in [7, 11) is 0. The fourth-order valence-corrected chi connectivity index (χ4v) is 5.02. The topological polar surface area (TPSA) is 60.7 Å². The molecular formula is C64H100O3. The lowest BCUT2D eigenvalue weighted by atomic mass is 10.0. The van der Waals surface area contributed by atoms with E-state index < -0.39 is 0 Å². The minimum atomic E-state index is 0. The Kier molecular flexibility index (Phi) is 61.0. The number of phenols is 3. The average molecular weight is 918 g/mol. The summed E-state index contributed by atoms with van der Waals surface area (Å²) in [5.41, 5.74) is 10.8. The van der Waals surface area contributed by atoms with E-state index in [2.05, 4.69) is 125 Å². The Morgan fingerprint density at radius 3 is 0.448 bits per heavy atom. The molecule has 0 heterocycles. The Hall–Kier alpha value is -6.06. The van der Waals surface area contributed by atoms with Gasteiger partial charge in [0.2, 0.25) is 0 Å². The maximum absolute atomic E-state index is 8.63. The molecule has 0 aliphatic heterocycles. The molecule has 0 spiro atoms. The van der Waals surface area contributed by atoms with Gasteiger partial charge in [-0.15, -0.1) is 0 Å². The monoisotopic (exact) mass is 917 g/mol. The molecule has 0 aliphatic carbocycles. The van der Waals surface area contributed by atoms with Crippen LogP contribution < -0.4 is 0 Å². The van der Waals surface area contributed by atoms with Gasteiger partial charge in [0.25, 0.3) is 0 Å². The van der Waals surface area contributed by atoms with E-state index in [9.17, 15) is 0 Å². The van der Waals surface area contributed by atoms with Gasteiger partial charge < -0.3 is 15.3 Å². The van der Waals surface area contributed by atoms with E-state index >= 15 is 0 Å². The number of para-hydroxylation sites is 3. The van der Waals surface area contributed by atoms with Crippen LogP contribution in [-0.4, -0.2) is 15.3 Å². The minimum Gasteiger partial charge on any atom is -0.508 e. The van der Waals surface area contributed by atoms with Crippen molar-refractivity contribution in [2.75, 3.05) is 0 Å². The van der Waals surface area contributed by atoms with E-state index in [-0.39, 0.29) is 29.7 Å². The van der Waals surface area contributed by atoms with Gasteiger partial charge in [-0.05, 0) is 107 Å². The zero-order chi connectivity index (χ0) is 48.1. The van der Waals surface area contributed by atoms with E-state index in [1.54, 1.807) is 72.8 Å². The first-order valence-electron chi connectivity index (χ1n) is 23.4. The zero-order valence-electron chi connectivity index (χ0n) is 41.6. The molecule has 0 atom stereocenters. The molecule has 67 heavy (non-hydrogen) atoms. The summed E-state index contributed by atoms with van der Waals surface area (Å²) in [5.74, 6) is 0.965. The quantitative estimate of drug-likeness (QED) is 0.156. The standard InChI is InChI=1S/2C16H18.3C6H6O.5C2H6.4CH4/c2*1-3-13-5-9-15(10-6-13)16-11-7-14(4-2)8-12-16;3*7-6-4-2-1-3-5-6;5*1-2;;;;/h2*5-12H,3-4H2,1-2H3;3*1-5,7H;5*1-2H3;4*1H4. The van der Waals surface area contributed by atoms with Gasteiger partial charge in [-0.25, -0.2) is 0 Å². The summed E-state index contributed by atoms with van der Waals surface area (Å²) in [6, 6.07) is 61.5. The second-order valence-electron chi connectivity index (χ2n) is 12.2. The Bertz CT molecular complexity index is 1650. The molecule has 7 aromatic rings. The number of aryl methyl sites for hydroxylation is 4. The van der Waals surface area contributed by atoms with E-state index in [4.69, 9.17) is 15.3 Å². The molecule has 3 nitrogen and oxygen atoms in total. The molecule has 0 radical (unpaired) electrons. The number of phenolic OH excluding ortho intramolecular Hbond substituents is 3. The van der Waals surface area contributed by atoms with Crippen molar-refractivity contribution in [3.05, 3.63) is 210 Å². The number of aromatic hydroxyl groups is 3. The second-order valence-corrected chi connectivity index (χ2v) is 12.2. The van der Waals surface area contributed by atoms with Crippen LogP contribution in [0.5, 0.6) is 17.2 Å². The van der Waals surface area contributed by atoms with Gasteiger partial charge in [-0.3, -0.25) is 0 Å². The van der Waals surface area contributed by atoms with Gasteiger partial charge in [0.15, 0.2) is 0 Å². The minimum absolute atomic E-state index is 0. The molecule has 7 aromatic carbocycles. The van der Waals surface area contributed by atoms with Crippen molar-refractivity contribution in [2.45, 2.75) is 152 Å². The van der Waals surface area contributed by atoms with Crippen molar-refractivity contribution >= 4 is 0 Å². The Morgan fingerprint density at radius 1 is 0.224 bits per heavy atom. The number of hydrogen-bond donors (Lipinski definition) is 3. The third-order valence-electron chi connectivity index (χ3n) is 8.38. The highest BCUT2D eigenvalue weighted by Gasteiger charge is 1.99. The molecule has 0 fully saturated rings. The highest BCUT2D eigenvalue weighted by molar-refractivity contribution is 5.64. The van der Waals surface area contributed by atoms with E-state index in [0.717, 1.165) is 25.7 Å². The SMILES string of the molecule is C.C.C.C.CC.CC.CC.CC.CC.CCc1ccc(-c2ccc(CC)cc2)cc1.CCc1ccc(-c2ccc(CC)cc2)cc1.Oc1ccccc1.Oc1ccccc1.Oc1ccccc1. The third-order valence-corrected chi connectivity index (χ3v) is 8.38. The predicted octanol–water partition coefficient (Wildman–Crippen LogP) is 20.8. The Morgan fingerprint density at radius 2 is 0.358 bits per heavy atom. The van der Waals surface area contributed by atoms with Gasteiger partial charge in [0.1, 0.15) is 17.2 Å². The predicted molar refractivity (Wildman–Crippen MR) is 309 cm³/mol. The molecule has 0 aliphatic rings. The molecule has 0 bridgehead atoms. The van der Waals surface area contributed by atoms with Crippen LogP contribution in [0, 0.1) is 0 Å². The molecule has 3 N–H and O–H groups in total. The first-order valence-corrected chi connectivity index (χ1v) is 23.4. The largest absolute Gasteiger partial charge is 0.508 e. The highest BCUT2D eigenvalue weighted by atomic mass is 16.3. The first kappa shape index (κ1) is 75.3. The number of hydrogen-bond acceptors (Lipinski definition) is 3. The normalized spacial score (nSPS) is 8.09. The van der Waals surface area contributed by atoms with Gasteiger partial charge in [-0.2, -0.15) is 0 Å². The van der Waals surface area contributed by atoms with Gasteiger partial charge in [-0.1, -0.05) is 278 Å². The number of rotatable bonds is 6. The lowest BCUT2D eigenvalue weighted by Gasteiger charge is -2.04. The molecule has 0 aromatic heterocycles. The summed E-state index contributed by atoms with van der Waals surface area (Å²) in [5, 5.41) is 25.9. The van der Waals surface area contributed by atoms with Crippen LogP contribution in [0.1, 0.15) is 149 Å². The molecule has 3 heteroatoms. The van der Waals surface area contributed by atoms with E-state index in [1.165, 1.54) is 44.5 Å². The van der Waals surface area contributed by atoms with Gasteiger partial charge in [0, 0.05) is 0 Å². The van der Waals surface area contributed by atoms with Crippen LogP contribution in [0.3, 0.4) is 0 Å². The summed E-state index contributed by atoms with van der Waals surface area (Å²) in [6.07, 6.45) is 4.42. The molecule has 7 rings (SSSR count). The maximum Gasteiger partial charge on any atom is 0.115 e. The summed E-state index contributed by atoms with van der Waals surface area (Å²) >= 11 is 0. The maximum atomic E-state index is 8.63. The highest BCUT2D eigenvalue weighted by Crippen LogP contribution is 2.22. The van der Waals surface area contributed by atoms with Crippen molar-refractivity contribution in [2.24, 2.45) is 0 Å². The van der Waals surface area contributed by atoms with Crippen molar-refractivity contribution in [1.29, 1.82) is 0 Å². The summed E-state index contributed by atoms with van der Waals surface area (Å²) in [4.78, 5) is 0. The second kappa shape index (κ2) is 54.3. The molecular weight excluding hydrogens is 817 g/mol. The Balaban J connectivity index is -0.000000131. The van der Waals surface area contributed by atoms with E-state index in [0.29, 0.717) is 17.2 Å². The summed E-state index contributed by atoms with van der Waals surface area (Å²) in [6.45, 7) is 28.7. The number of benzene rings is 7. The van der Waals surface area contributed by atoms with Crippen molar-refractivity contribution < 1.29 is 15.3 Å². The van der Waals surface area contributed by atoms with Crippen molar-refractivity contribution in [1.82, 2.24) is 0 Å². The zero-order valence-corrected chi connectivity index (χ0v) is 41.6. The summed E-state index contributed by atoms with van der Waals surface area (Å²) < 4.78 is 0. The van der Waals surface area contributed by atoms with E-state index in [1.807, 2.05) is 87.4 Å². The lowest BCUT2D eigenvalue weighted by molar-refractivity contribution is 0.475. The van der Waals surface area contributed by atoms with Crippen LogP contribution in [0.25, 0.3) is 22.3 Å². The van der Waals surface area contributed by atoms with Gasteiger partial charge in [0.05, 0.1) is 0 Å². The van der Waals surface area contributed by atoms with Gasteiger partial charge >= 0.3 is 0 Å². The lowest BCUT2D eigenvalue weighted by Crippen LogP contribution is -1.83. The fraction of sp³-hybridized carbons (Fsp3) is 0.344. The van der Waals surface area contributed by atoms with Crippen LogP contribution in [-0.2, 0) is 25.7 Å². The average Bonchev–Trinajstić information content (AvgIpc) is 3.38. The molecule has 0 saturated heterocycles. The van der Waals surface area contributed by atoms with Crippen LogP contribution >= 0.6 is 0 Å². The smallest absolute Gasteiger partial charge is 0.115 e. The molecule has 374 valence electrons.